The highest BCUT2D eigenvalue weighted by Gasteiger charge is 2.61. The van der Waals surface area contributed by atoms with Crippen LogP contribution in [0.25, 0.3) is 22.3 Å². The number of anilines is 1. The van der Waals surface area contributed by atoms with Gasteiger partial charge >= 0.3 is 12.0 Å². The Morgan fingerprint density at radius 3 is 2.47 bits per heavy atom. The Labute approximate surface area is 387 Å². The van der Waals surface area contributed by atoms with Crippen LogP contribution in [0.3, 0.4) is 0 Å². The first-order valence-corrected chi connectivity index (χ1v) is 24.0. The van der Waals surface area contributed by atoms with Gasteiger partial charge in [0.25, 0.3) is 0 Å². The molecule has 2 aliphatic carbocycles. The van der Waals surface area contributed by atoms with Gasteiger partial charge in [0.1, 0.15) is 46.7 Å². The van der Waals surface area contributed by atoms with Crippen molar-refractivity contribution in [2.75, 3.05) is 19.0 Å². The second-order valence-electron chi connectivity index (χ2n) is 18.3. The molecule has 4 aromatic rings. The average Bonchev–Trinajstić information content (AvgIpc) is 3.56. The quantitative estimate of drug-likeness (QED) is 0.0690. The van der Waals surface area contributed by atoms with Crippen LogP contribution in [0.4, 0.5) is 14.3 Å². The third-order valence-corrected chi connectivity index (χ3v) is 14.0. The van der Waals surface area contributed by atoms with Crippen molar-refractivity contribution in [2.45, 2.75) is 127 Å². The first-order valence-electron chi connectivity index (χ1n) is 23.1. The number of carbonyl (C=O) groups excluding carboxylic acids is 4. The predicted octanol–water partition coefficient (Wildman–Crippen LogP) is 7.65. The van der Waals surface area contributed by atoms with E-state index >= 15 is 4.79 Å². The number of nitrogens with zero attached hydrogens (tertiary/aromatic N) is 3. The van der Waals surface area contributed by atoms with Gasteiger partial charge in [-0.05, 0) is 94.7 Å². The fourth-order valence-corrected chi connectivity index (χ4v) is 10.4. The molecule has 15 nitrogen and oxygen atoms in total. The van der Waals surface area contributed by atoms with Gasteiger partial charge in [0, 0.05) is 46.8 Å². The molecule has 1 saturated heterocycles. The number of amides is 4. The number of ketones is 1. The fraction of sp³-hybridized carbons (Fsp3) is 0.490. The number of fused-ring (bicyclic) bond motifs is 3. The summed E-state index contributed by atoms with van der Waals surface area (Å²) >= 11 is 1.45. The van der Waals surface area contributed by atoms with Crippen molar-refractivity contribution in [1.29, 1.82) is 0 Å². The molecule has 4 aliphatic rings. The highest BCUT2D eigenvalue weighted by atomic mass is 32.1. The van der Waals surface area contributed by atoms with Crippen LogP contribution in [0.15, 0.2) is 66.1 Å². The maximum absolute atomic E-state index is 15.0. The molecule has 1 unspecified atom stereocenters. The minimum absolute atomic E-state index is 0.0249. The molecular weight excluding hydrogens is 866 g/mol. The number of thiazole rings is 1. The Morgan fingerprint density at radius 2 is 1.73 bits per heavy atom. The summed E-state index contributed by atoms with van der Waals surface area (Å²) in [4.78, 5) is 81.3. The zero-order chi connectivity index (χ0) is 46.5. The molecule has 6 atom stereocenters. The Bertz CT molecular complexity index is 2470. The zero-order valence-corrected chi connectivity index (χ0v) is 38.3. The lowest BCUT2D eigenvalue weighted by atomic mass is 9.81. The van der Waals surface area contributed by atoms with Gasteiger partial charge in [0.05, 0.1) is 30.9 Å². The number of carboxylic acid groups (broad SMARTS) is 1. The van der Waals surface area contributed by atoms with Crippen molar-refractivity contribution in [3.05, 3.63) is 77.4 Å². The van der Waals surface area contributed by atoms with Crippen LogP contribution in [0.5, 0.6) is 11.5 Å². The lowest BCUT2D eigenvalue weighted by molar-refractivity contribution is -0.145. The first kappa shape index (κ1) is 46.4. The van der Waals surface area contributed by atoms with Gasteiger partial charge in [0.15, 0.2) is 10.9 Å². The smallest absolute Gasteiger partial charge is 0.330 e. The van der Waals surface area contributed by atoms with Gasteiger partial charge in [-0.25, -0.2) is 23.9 Å². The van der Waals surface area contributed by atoms with Gasteiger partial charge < -0.3 is 40.7 Å². The Kier molecular flexibility index (Phi) is 14.2. The van der Waals surface area contributed by atoms with Crippen molar-refractivity contribution >= 4 is 57.0 Å². The number of urea groups is 1. The predicted molar refractivity (Wildman–Crippen MR) is 248 cm³/mol. The van der Waals surface area contributed by atoms with Gasteiger partial charge in [0.2, 0.25) is 11.8 Å². The van der Waals surface area contributed by atoms with Crippen molar-refractivity contribution in [3.8, 4) is 22.9 Å². The molecule has 5 N–H and O–H groups in total. The minimum atomic E-state index is -1.52. The molecule has 2 saturated carbocycles. The van der Waals surface area contributed by atoms with Crippen LogP contribution in [0.1, 0.15) is 101 Å². The second-order valence-corrected chi connectivity index (χ2v) is 19.1. The second kappa shape index (κ2) is 20.2. The number of ether oxygens (including phenoxy) is 2. The lowest BCUT2D eigenvalue weighted by Gasteiger charge is -2.32. The summed E-state index contributed by atoms with van der Waals surface area (Å²) in [6, 6.07) is 8.74. The number of aliphatic carboxylic acids is 1. The normalized spacial score (nSPS) is 24.8. The van der Waals surface area contributed by atoms with E-state index in [0.717, 1.165) is 50.1 Å². The van der Waals surface area contributed by atoms with Crippen molar-refractivity contribution in [1.82, 2.24) is 30.8 Å². The maximum Gasteiger partial charge on any atom is 0.330 e. The van der Waals surface area contributed by atoms with Gasteiger partial charge in [-0.2, -0.15) is 0 Å². The third kappa shape index (κ3) is 10.5. The Morgan fingerprint density at radius 1 is 0.970 bits per heavy atom. The number of hydrogen-bond acceptors (Lipinski definition) is 11. The number of rotatable bonds is 12. The Balaban J connectivity index is 1.10. The van der Waals surface area contributed by atoms with Crippen LogP contribution in [-0.4, -0.2) is 99.0 Å². The van der Waals surface area contributed by atoms with E-state index in [1.165, 1.54) is 40.5 Å². The monoisotopic (exact) mass is 923 g/mol. The highest BCUT2D eigenvalue weighted by Crippen LogP contribution is 2.46. The van der Waals surface area contributed by atoms with E-state index in [9.17, 15) is 28.7 Å². The summed E-state index contributed by atoms with van der Waals surface area (Å²) in [6.07, 6.45) is 10.6. The van der Waals surface area contributed by atoms with Crippen LogP contribution < -0.4 is 30.7 Å². The molecule has 66 heavy (non-hydrogen) atoms. The van der Waals surface area contributed by atoms with E-state index in [0.29, 0.717) is 46.6 Å². The number of methoxy groups -OCH3 is 1. The summed E-state index contributed by atoms with van der Waals surface area (Å²) in [5.74, 6) is -2.68. The molecule has 4 heterocycles. The van der Waals surface area contributed by atoms with E-state index in [2.05, 4.69) is 21.3 Å². The number of carboxylic acids is 1. The van der Waals surface area contributed by atoms with Crippen LogP contribution in [-0.2, 0) is 14.4 Å². The van der Waals surface area contributed by atoms with Crippen molar-refractivity contribution in [3.63, 3.8) is 0 Å². The summed E-state index contributed by atoms with van der Waals surface area (Å²) in [6.45, 7) is 4.00. The molecule has 3 fully saturated rings. The highest BCUT2D eigenvalue weighted by molar-refractivity contribution is 7.14. The summed E-state index contributed by atoms with van der Waals surface area (Å²) in [5.41, 5.74) is 0.488. The molecular formula is C49H58FN7O8S. The van der Waals surface area contributed by atoms with E-state index in [4.69, 9.17) is 19.4 Å². The van der Waals surface area contributed by atoms with Crippen molar-refractivity contribution in [2.24, 2.45) is 11.8 Å². The minimum Gasteiger partial charge on any atom is -0.497 e. The number of halogens is 1. The lowest BCUT2D eigenvalue weighted by Crippen LogP contribution is -2.58. The maximum atomic E-state index is 15.0. The number of carbonyl (C=O) groups is 5. The number of Topliss-reactive ketones (excluding diaryl/α,β-unsaturated/α-hetero) is 1. The summed E-state index contributed by atoms with van der Waals surface area (Å²) in [5, 5.41) is 25.6. The number of benzene rings is 2. The molecule has 2 aromatic carbocycles. The largest absolute Gasteiger partial charge is 0.497 e. The molecule has 17 heteroatoms. The van der Waals surface area contributed by atoms with Crippen molar-refractivity contribution < 1.29 is 42.9 Å². The van der Waals surface area contributed by atoms with E-state index < -0.39 is 65.3 Å². The fourth-order valence-electron chi connectivity index (χ4n) is 9.56. The standard InChI is InChI=1S/C49H58FN7O8S/c1-28(2)51-48-54-39(27-66-48)38-24-41(35-21-20-33(64-3)22-37(35)52-38)65-34-23-40-44(59)56-49(46(61)62)25-31(49)14-10-5-4-6-11-15-36(45(60)57(40)26-34)53-47(63)55-42(29-12-8-7-9-13-29)43(58)30-16-18-32(50)19-17-30/h10,14,16-22,24,27-29,31,34,36,40,42H,4-9,11-13,15,23,25-26H2,1-3H3,(H,51,54)(H,56,59)(H,61,62)(H2,53,55,63)/b14-10-/t31?,34-,36+,40+,42+,49-/m1/s1. The average molecular weight is 924 g/mol. The molecule has 8 rings (SSSR count). The Hall–Kier alpha value is -6.10. The zero-order valence-electron chi connectivity index (χ0n) is 37.5. The van der Waals surface area contributed by atoms with Crippen LogP contribution in [0, 0.1) is 17.7 Å². The molecule has 4 amide bonds. The van der Waals surface area contributed by atoms with Gasteiger partial charge in [-0.1, -0.05) is 44.3 Å². The number of pyridine rings is 1. The van der Waals surface area contributed by atoms with Gasteiger partial charge in [-0.15, -0.1) is 11.3 Å². The molecule has 2 aliphatic heterocycles. The molecule has 350 valence electrons. The number of hydrogen-bond donors (Lipinski definition) is 5. The topological polar surface area (TPSA) is 201 Å². The summed E-state index contributed by atoms with van der Waals surface area (Å²) in [7, 11) is 1.57. The number of nitrogens with one attached hydrogen (secondary N) is 4. The van der Waals surface area contributed by atoms with E-state index in [1.54, 1.807) is 25.3 Å². The first-order chi connectivity index (χ1) is 31.8. The van der Waals surface area contributed by atoms with E-state index in [1.807, 2.05) is 37.4 Å². The van der Waals surface area contributed by atoms with Crippen LogP contribution >= 0.6 is 11.3 Å². The van der Waals surface area contributed by atoms with Gasteiger partial charge in [-0.3, -0.25) is 14.4 Å². The third-order valence-electron chi connectivity index (χ3n) is 13.2. The molecule has 0 radical (unpaired) electrons. The molecule has 2 aromatic heterocycles. The summed E-state index contributed by atoms with van der Waals surface area (Å²) < 4.78 is 26.2. The number of aromatic nitrogens is 2. The SMILES string of the molecule is COc1ccc2c(O[C@@H]3C[C@H]4C(=O)N[C@]5(C(=O)O)CC5/C=C\CCCCC[C@H](NC(=O)N[C@H](C(=O)c5ccc(F)cc5)C5CCCCC5)C(=O)N4C3)cc(-c3csc(NC(C)C)n3)nc2c1. The molecule has 0 spiro atoms. The number of allylic oxidation sites excluding steroid dienone is 1. The van der Waals surface area contributed by atoms with E-state index in [-0.39, 0.29) is 49.1 Å². The molecule has 0 bridgehead atoms. The van der Waals surface area contributed by atoms with Crippen LogP contribution in [0.2, 0.25) is 0 Å².